The molecule has 0 saturated heterocycles. The lowest BCUT2D eigenvalue weighted by Gasteiger charge is -2.28. The first kappa shape index (κ1) is 26.0. The number of rotatable bonds is 10. The maximum absolute atomic E-state index is 14.6. The normalized spacial score (nSPS) is 13.3. The Bertz CT molecular complexity index is 1190. The average molecular weight is 504 g/mol. The Kier molecular flexibility index (Phi) is 8.71. The highest BCUT2D eigenvalue weighted by molar-refractivity contribution is 8.15. The van der Waals surface area contributed by atoms with Gasteiger partial charge >= 0.3 is 0 Å². The smallest absolute Gasteiger partial charge is 0.275 e. The number of anilines is 1. The molecule has 3 rings (SSSR count). The van der Waals surface area contributed by atoms with Crippen molar-refractivity contribution in [1.82, 2.24) is 20.1 Å². The maximum Gasteiger partial charge on any atom is 0.275 e. The number of methoxy groups -OCH3 is 1. The Labute approximate surface area is 205 Å². The third kappa shape index (κ3) is 7.45. The summed E-state index contributed by atoms with van der Waals surface area (Å²) in [5, 5.41) is 6.74. The molecule has 2 aromatic heterocycles. The summed E-state index contributed by atoms with van der Waals surface area (Å²) < 4.78 is 29.7. The molecule has 0 aliphatic carbocycles. The standard InChI is InChI=1S/C22H26FN7O4S/c1-13-28-19(34-30-13)11-33-18-10-26-17(9-27-18)20(31)29-15-5-6-16(23)14(7-15)8-22(2,12-32-4)35-21(24)25-3/h5-7,9-10H,8,11-12H2,1-4H3,(H2,24,25)(H,29,31)/t22-/m1/s1. The number of nitrogens with one attached hydrogen (secondary N) is 1. The number of nitrogens with two attached hydrogens (primary N) is 1. The van der Waals surface area contributed by atoms with Crippen LogP contribution >= 0.6 is 11.8 Å². The molecule has 0 radical (unpaired) electrons. The van der Waals surface area contributed by atoms with E-state index in [4.69, 9.17) is 19.7 Å². The topological polar surface area (TPSA) is 151 Å². The summed E-state index contributed by atoms with van der Waals surface area (Å²) in [5.41, 5.74) is 6.73. The van der Waals surface area contributed by atoms with Crippen LogP contribution in [0.3, 0.4) is 0 Å². The van der Waals surface area contributed by atoms with Gasteiger partial charge in [-0.2, -0.15) is 4.98 Å². The molecule has 1 atom stereocenters. The second-order valence-corrected chi connectivity index (χ2v) is 9.36. The zero-order valence-corrected chi connectivity index (χ0v) is 20.6. The number of carbonyl (C=O) groups excluding carboxylic acids is 1. The van der Waals surface area contributed by atoms with E-state index in [2.05, 4.69) is 30.4 Å². The molecule has 2 heterocycles. The molecule has 1 aromatic carbocycles. The molecule has 0 spiro atoms. The number of aryl methyl sites for hydroxylation is 1. The van der Waals surface area contributed by atoms with Crippen LogP contribution in [0.5, 0.6) is 5.88 Å². The number of hydrogen-bond acceptors (Lipinski definition) is 10. The number of amidine groups is 1. The summed E-state index contributed by atoms with van der Waals surface area (Å²) in [6.45, 7) is 3.94. The molecule has 0 fully saturated rings. The van der Waals surface area contributed by atoms with E-state index >= 15 is 0 Å². The van der Waals surface area contributed by atoms with Gasteiger partial charge in [-0.1, -0.05) is 16.9 Å². The highest BCUT2D eigenvalue weighted by Gasteiger charge is 2.29. The number of benzene rings is 1. The van der Waals surface area contributed by atoms with Gasteiger partial charge in [0.1, 0.15) is 11.5 Å². The predicted octanol–water partition coefficient (Wildman–Crippen LogP) is 2.76. The van der Waals surface area contributed by atoms with Crippen LogP contribution in [-0.2, 0) is 17.8 Å². The minimum absolute atomic E-state index is 0.0233. The lowest BCUT2D eigenvalue weighted by Crippen LogP contribution is -2.33. The third-order valence-electron chi connectivity index (χ3n) is 4.66. The summed E-state index contributed by atoms with van der Waals surface area (Å²) in [4.78, 5) is 28.8. The van der Waals surface area contributed by atoms with Crippen LogP contribution in [0.15, 0.2) is 40.1 Å². The molecule has 0 bridgehead atoms. The Morgan fingerprint density at radius 1 is 1.34 bits per heavy atom. The monoisotopic (exact) mass is 503 g/mol. The number of aromatic nitrogens is 4. The molecule has 0 aliphatic rings. The number of thioether (sulfide) groups is 1. The van der Waals surface area contributed by atoms with E-state index in [9.17, 15) is 9.18 Å². The van der Waals surface area contributed by atoms with Crippen LogP contribution in [0.25, 0.3) is 0 Å². The van der Waals surface area contributed by atoms with Gasteiger partial charge in [-0.3, -0.25) is 9.79 Å². The highest BCUT2D eigenvalue weighted by Crippen LogP contribution is 2.31. The summed E-state index contributed by atoms with van der Waals surface area (Å²) in [6.07, 6.45) is 2.87. The lowest BCUT2D eigenvalue weighted by molar-refractivity contribution is 0.102. The van der Waals surface area contributed by atoms with E-state index < -0.39 is 16.5 Å². The Morgan fingerprint density at radius 2 is 2.14 bits per heavy atom. The van der Waals surface area contributed by atoms with Gasteiger partial charge in [0.15, 0.2) is 17.6 Å². The lowest BCUT2D eigenvalue weighted by atomic mass is 10.00. The zero-order chi connectivity index (χ0) is 25.4. The molecule has 0 aliphatic heterocycles. The summed E-state index contributed by atoms with van der Waals surface area (Å²) in [7, 11) is 3.15. The number of aliphatic imine (C=N–C) groups is 1. The van der Waals surface area contributed by atoms with Crippen molar-refractivity contribution in [2.45, 2.75) is 31.6 Å². The SMILES string of the molecule is CN=C(N)S[C@@](C)(COC)Cc1cc(NC(=O)c2cnc(OCc3nc(C)no3)cn2)ccc1F. The van der Waals surface area contributed by atoms with E-state index in [1.54, 1.807) is 27.1 Å². The van der Waals surface area contributed by atoms with Crippen LogP contribution in [-0.4, -0.2) is 56.7 Å². The van der Waals surface area contributed by atoms with Gasteiger partial charge in [0.25, 0.3) is 11.8 Å². The fourth-order valence-electron chi connectivity index (χ4n) is 3.15. The Morgan fingerprint density at radius 3 is 2.77 bits per heavy atom. The number of hydrogen-bond donors (Lipinski definition) is 2. The van der Waals surface area contributed by atoms with Gasteiger partial charge < -0.3 is 25.0 Å². The molecule has 1 amide bonds. The van der Waals surface area contributed by atoms with Crippen molar-refractivity contribution < 1.29 is 23.2 Å². The number of carbonyl (C=O) groups is 1. The fourth-order valence-corrected chi connectivity index (χ4v) is 4.15. The second kappa shape index (κ2) is 11.7. The molecule has 35 heavy (non-hydrogen) atoms. The van der Waals surface area contributed by atoms with E-state index in [1.807, 2.05) is 6.92 Å². The fraction of sp³-hybridized carbons (Fsp3) is 0.364. The summed E-state index contributed by atoms with van der Waals surface area (Å²) in [6, 6.07) is 4.33. The molecule has 11 nitrogen and oxygen atoms in total. The third-order valence-corrected chi connectivity index (χ3v) is 5.81. The van der Waals surface area contributed by atoms with E-state index in [-0.39, 0.29) is 18.2 Å². The van der Waals surface area contributed by atoms with E-state index in [1.165, 1.54) is 36.3 Å². The molecular formula is C22H26FN7O4S. The van der Waals surface area contributed by atoms with Crippen molar-refractivity contribution in [3.05, 3.63) is 59.4 Å². The molecule has 13 heteroatoms. The van der Waals surface area contributed by atoms with Crippen LogP contribution < -0.4 is 15.8 Å². The molecular weight excluding hydrogens is 477 g/mol. The van der Waals surface area contributed by atoms with Gasteiger partial charge in [-0.25, -0.2) is 14.4 Å². The molecule has 3 N–H and O–H groups in total. The van der Waals surface area contributed by atoms with Crippen LogP contribution in [0, 0.1) is 12.7 Å². The van der Waals surface area contributed by atoms with Crippen molar-refractivity contribution in [3.63, 3.8) is 0 Å². The average Bonchev–Trinajstić information content (AvgIpc) is 3.25. The minimum Gasteiger partial charge on any atom is -0.466 e. The first-order chi connectivity index (χ1) is 16.7. The van der Waals surface area contributed by atoms with Gasteiger partial charge in [-0.05, 0) is 44.0 Å². The van der Waals surface area contributed by atoms with Crippen LogP contribution in [0.1, 0.15) is 34.7 Å². The van der Waals surface area contributed by atoms with Crippen molar-refractivity contribution >= 4 is 28.5 Å². The molecule has 0 unspecified atom stereocenters. The summed E-state index contributed by atoms with van der Waals surface area (Å²) in [5.74, 6) is 0.0575. The zero-order valence-electron chi connectivity index (χ0n) is 19.7. The number of ether oxygens (including phenoxy) is 2. The van der Waals surface area contributed by atoms with Crippen molar-refractivity contribution in [2.24, 2.45) is 10.7 Å². The molecule has 3 aromatic rings. The van der Waals surface area contributed by atoms with Crippen LogP contribution in [0.2, 0.25) is 0 Å². The summed E-state index contributed by atoms with van der Waals surface area (Å²) >= 11 is 1.30. The quantitative estimate of drug-likeness (QED) is 0.312. The van der Waals surface area contributed by atoms with Gasteiger partial charge in [0.2, 0.25) is 5.88 Å². The van der Waals surface area contributed by atoms with Gasteiger partial charge in [0, 0.05) is 24.6 Å². The molecule has 0 saturated carbocycles. The first-order valence-corrected chi connectivity index (χ1v) is 11.3. The predicted molar refractivity (Wildman–Crippen MR) is 129 cm³/mol. The van der Waals surface area contributed by atoms with Gasteiger partial charge in [-0.15, -0.1) is 0 Å². The second-order valence-electron chi connectivity index (χ2n) is 7.75. The number of nitrogens with zero attached hydrogens (tertiary/aromatic N) is 5. The van der Waals surface area contributed by atoms with Crippen molar-refractivity contribution in [3.8, 4) is 5.88 Å². The van der Waals surface area contributed by atoms with Crippen LogP contribution in [0.4, 0.5) is 10.1 Å². The van der Waals surface area contributed by atoms with E-state index in [0.29, 0.717) is 41.2 Å². The Balaban J connectivity index is 1.66. The number of halogens is 1. The van der Waals surface area contributed by atoms with E-state index in [0.717, 1.165) is 0 Å². The van der Waals surface area contributed by atoms with Crippen molar-refractivity contribution in [1.29, 1.82) is 0 Å². The minimum atomic E-state index is -0.566. The highest BCUT2D eigenvalue weighted by atomic mass is 32.2. The maximum atomic E-state index is 14.6. The van der Waals surface area contributed by atoms with Gasteiger partial charge in [0.05, 0.1) is 19.0 Å². The largest absolute Gasteiger partial charge is 0.466 e. The van der Waals surface area contributed by atoms with Crippen molar-refractivity contribution in [2.75, 3.05) is 26.1 Å². The Hall–Kier alpha value is -3.58. The molecule has 186 valence electrons. The first-order valence-electron chi connectivity index (χ1n) is 10.5. The number of amides is 1.